The third-order valence-corrected chi connectivity index (χ3v) is 30.1. The number of hydrogen-bond acceptors (Lipinski definition) is 0. The molecule has 0 amide bonds. The van der Waals surface area contributed by atoms with E-state index in [9.17, 15) is 0 Å². The zero-order chi connectivity index (χ0) is 25.4. The van der Waals surface area contributed by atoms with E-state index in [2.05, 4.69) is 83.6 Å². The van der Waals surface area contributed by atoms with Crippen molar-refractivity contribution in [2.45, 2.75) is 100 Å². The topological polar surface area (TPSA) is 0 Å². The molecular formula is C34H44HfSi. The summed E-state index contributed by atoms with van der Waals surface area (Å²) >= 11 is -2.32. The van der Waals surface area contributed by atoms with Gasteiger partial charge in [0.1, 0.15) is 0 Å². The first-order valence-electron chi connectivity index (χ1n) is 14.6. The van der Waals surface area contributed by atoms with Gasteiger partial charge in [0.25, 0.3) is 0 Å². The van der Waals surface area contributed by atoms with Crippen LogP contribution in [0.1, 0.15) is 119 Å². The zero-order valence-electron chi connectivity index (χ0n) is 23.4. The predicted octanol–water partition coefficient (Wildman–Crippen LogP) is 8.78. The molecule has 3 aliphatic carbocycles. The van der Waals surface area contributed by atoms with Crippen molar-refractivity contribution in [1.82, 2.24) is 0 Å². The van der Waals surface area contributed by atoms with Crippen molar-refractivity contribution in [2.24, 2.45) is 5.92 Å². The maximum atomic E-state index is 2.89. The Labute approximate surface area is 228 Å². The molecule has 2 atom stereocenters. The minimum absolute atomic E-state index is 0.747. The summed E-state index contributed by atoms with van der Waals surface area (Å²) in [4.78, 5) is 0. The minimum atomic E-state index is -2.32. The summed E-state index contributed by atoms with van der Waals surface area (Å²) in [6.07, 6.45) is 15.6. The summed E-state index contributed by atoms with van der Waals surface area (Å²) in [7, 11) is 0. The van der Waals surface area contributed by atoms with E-state index in [4.69, 9.17) is 0 Å². The van der Waals surface area contributed by atoms with Crippen LogP contribution in [0.2, 0.25) is 0 Å². The van der Waals surface area contributed by atoms with E-state index in [0.717, 1.165) is 44.8 Å². The molecule has 3 aliphatic rings. The van der Waals surface area contributed by atoms with Gasteiger partial charge >= 0.3 is 230 Å². The molecule has 2 unspecified atom stereocenters. The molecule has 188 valence electrons. The Balaban J connectivity index is 1.76. The fourth-order valence-corrected chi connectivity index (χ4v) is 32.7. The summed E-state index contributed by atoms with van der Waals surface area (Å²) in [6.45, 7) is 14.4. The molecule has 0 radical (unpaired) electrons. The molecule has 1 fully saturated rings. The first-order chi connectivity index (χ1) is 17.5. The van der Waals surface area contributed by atoms with Crippen LogP contribution in [0.15, 0.2) is 35.4 Å². The zero-order valence-corrected chi connectivity index (χ0v) is 28.0. The predicted molar refractivity (Wildman–Crippen MR) is 157 cm³/mol. The fourth-order valence-electron chi connectivity index (χ4n) is 7.26. The number of fused-ring (bicyclic) bond motifs is 2. The van der Waals surface area contributed by atoms with Crippen LogP contribution in [0.4, 0.5) is 0 Å². The number of hydrogen-bond donors (Lipinski definition) is 0. The van der Waals surface area contributed by atoms with Gasteiger partial charge in [0.2, 0.25) is 0 Å². The standard InChI is InChI=1S/2C14H17.C6H10Si.Hf/c2*1-4-11-6-7-12(5-2)14-9-10(3)8-13(11)14;7-5-6-3-1-2-4-6;/h2*6-9H,4-5H2,1-3H3;5-6H,1-4H2;. The van der Waals surface area contributed by atoms with Gasteiger partial charge in [-0.2, -0.15) is 0 Å². The van der Waals surface area contributed by atoms with Gasteiger partial charge in [-0.3, -0.25) is 0 Å². The van der Waals surface area contributed by atoms with E-state index < -0.39 is 20.1 Å². The van der Waals surface area contributed by atoms with Gasteiger partial charge in [-0.15, -0.1) is 0 Å². The quantitative estimate of drug-likeness (QED) is 0.261. The summed E-state index contributed by atoms with van der Waals surface area (Å²) in [6, 6.07) is 9.84. The first-order valence-corrected chi connectivity index (χ1v) is 25.3. The Morgan fingerprint density at radius 2 is 1.11 bits per heavy atom. The van der Waals surface area contributed by atoms with E-state index in [1.807, 2.05) is 0 Å². The van der Waals surface area contributed by atoms with Crippen molar-refractivity contribution in [3.63, 3.8) is 0 Å². The molecule has 0 aliphatic heterocycles. The van der Waals surface area contributed by atoms with Crippen molar-refractivity contribution < 1.29 is 20.1 Å². The van der Waals surface area contributed by atoms with Gasteiger partial charge in [-0.25, -0.2) is 0 Å². The van der Waals surface area contributed by atoms with E-state index in [-0.39, 0.29) is 0 Å². The molecule has 0 nitrogen and oxygen atoms in total. The molecule has 0 N–H and O–H groups in total. The summed E-state index contributed by atoms with van der Waals surface area (Å²) in [5, 5.41) is 0. The molecule has 0 saturated heterocycles. The van der Waals surface area contributed by atoms with E-state index >= 15 is 0 Å². The monoisotopic (exact) mass is 660 g/mol. The molecular weight excluding hydrogens is 615 g/mol. The van der Waals surface area contributed by atoms with Crippen LogP contribution in [0.3, 0.4) is 0 Å². The van der Waals surface area contributed by atoms with Crippen LogP contribution in [0, 0.1) is 5.92 Å². The molecule has 0 spiro atoms. The van der Waals surface area contributed by atoms with Gasteiger partial charge in [-0.1, -0.05) is 0 Å². The molecule has 0 bridgehead atoms. The van der Waals surface area contributed by atoms with Gasteiger partial charge < -0.3 is 0 Å². The van der Waals surface area contributed by atoms with Gasteiger partial charge in [0, 0.05) is 0 Å². The second-order valence-electron chi connectivity index (χ2n) is 11.3. The summed E-state index contributed by atoms with van der Waals surface area (Å²) in [5.74, 6) is 2.01. The normalized spacial score (nSPS) is 20.6. The fraction of sp³-hybridized carbons (Fsp3) is 0.500. The van der Waals surface area contributed by atoms with Gasteiger partial charge in [-0.05, 0) is 0 Å². The first kappa shape index (κ1) is 26.5. The maximum absolute atomic E-state index is 2.89. The number of allylic oxidation sites excluding steroid dienone is 2. The van der Waals surface area contributed by atoms with E-state index in [1.165, 1.54) is 25.7 Å². The third-order valence-electron chi connectivity index (χ3n) is 9.20. The van der Waals surface area contributed by atoms with E-state index in [1.54, 1.807) is 55.7 Å². The van der Waals surface area contributed by atoms with Gasteiger partial charge in [0.15, 0.2) is 0 Å². The van der Waals surface area contributed by atoms with Crippen molar-refractivity contribution in [3.8, 4) is 0 Å². The van der Waals surface area contributed by atoms with E-state index in [0.29, 0.717) is 0 Å². The Morgan fingerprint density at radius 3 is 1.53 bits per heavy atom. The molecule has 36 heavy (non-hydrogen) atoms. The Kier molecular flexibility index (Phi) is 8.33. The molecule has 1 saturated carbocycles. The number of benzene rings is 2. The Morgan fingerprint density at radius 1 is 0.694 bits per heavy atom. The SMILES string of the molecule is CCc1ccc(CC)c2c1C=C(C)[CH]2[Hf](=[Si]=CC1CCCC1)[CH]1C(C)=Cc2c(CC)ccc(CC)c21. The average Bonchev–Trinajstić information content (AvgIpc) is 3.61. The van der Waals surface area contributed by atoms with Crippen LogP contribution in [0.25, 0.3) is 12.2 Å². The summed E-state index contributed by atoms with van der Waals surface area (Å²) in [5.41, 5.74) is 19.5. The molecule has 2 heteroatoms. The molecule has 0 heterocycles. The Hall–Kier alpha value is -1.12. The molecule has 2 aromatic carbocycles. The van der Waals surface area contributed by atoms with Crippen LogP contribution in [0.5, 0.6) is 0 Å². The third kappa shape index (κ3) is 4.64. The molecule has 0 aromatic heterocycles. The van der Waals surface area contributed by atoms with Crippen molar-refractivity contribution in [2.75, 3.05) is 0 Å². The van der Waals surface area contributed by atoms with Crippen molar-refractivity contribution in [3.05, 3.63) is 79.9 Å². The van der Waals surface area contributed by atoms with Crippen molar-refractivity contribution in [1.29, 1.82) is 0 Å². The van der Waals surface area contributed by atoms with Gasteiger partial charge in [0.05, 0.1) is 0 Å². The molecule has 2 aromatic rings. The van der Waals surface area contributed by atoms with Crippen molar-refractivity contribution >= 4 is 23.7 Å². The number of aryl methyl sites for hydroxylation is 4. The second kappa shape index (κ2) is 11.3. The number of rotatable bonds is 7. The Bertz CT molecular complexity index is 1210. The van der Waals surface area contributed by atoms with Crippen LogP contribution < -0.4 is 0 Å². The summed E-state index contributed by atoms with van der Waals surface area (Å²) < 4.78 is 1.49. The average molecular weight is 659 g/mol. The van der Waals surface area contributed by atoms with Crippen LogP contribution in [-0.4, -0.2) is 11.5 Å². The van der Waals surface area contributed by atoms with Crippen LogP contribution >= 0.6 is 0 Å². The van der Waals surface area contributed by atoms with Crippen LogP contribution in [-0.2, 0) is 45.7 Å². The second-order valence-corrected chi connectivity index (χ2v) is 27.2. The molecule has 5 rings (SSSR count).